The molecule has 1 amide bonds. The zero-order chi connectivity index (χ0) is 28.1. The minimum atomic E-state index is -0.588. The zero-order valence-electron chi connectivity index (χ0n) is 21.5. The third kappa shape index (κ3) is 6.42. The number of H-pyrrole nitrogens is 1. The number of benzene rings is 2. The molecule has 3 N–H and O–H groups in total. The molecule has 12 heteroatoms. The lowest BCUT2D eigenvalue weighted by Crippen LogP contribution is -2.22. The summed E-state index contributed by atoms with van der Waals surface area (Å²) in [6.07, 6.45) is 3.64. The average molecular weight is 573 g/mol. The number of fused-ring (bicyclic) bond motifs is 1. The summed E-state index contributed by atoms with van der Waals surface area (Å²) in [5.41, 5.74) is 2.11. The average Bonchev–Trinajstić information content (AvgIpc) is 3.30. The smallest absolute Gasteiger partial charge is 0.247 e. The molecule has 2 heterocycles. The molecule has 0 aliphatic rings. The van der Waals surface area contributed by atoms with Crippen molar-refractivity contribution in [1.82, 2.24) is 15.2 Å². The number of hydrogen-bond donors (Lipinski definition) is 3. The lowest BCUT2D eigenvalue weighted by Gasteiger charge is -2.22. The number of methoxy groups -OCH3 is 1. The molecule has 39 heavy (non-hydrogen) atoms. The highest BCUT2D eigenvalue weighted by Crippen LogP contribution is 2.37. The number of pyridine rings is 1. The molecule has 0 spiro atoms. The van der Waals surface area contributed by atoms with Gasteiger partial charge in [-0.1, -0.05) is 29.8 Å². The van der Waals surface area contributed by atoms with Crippen LogP contribution in [0.3, 0.4) is 0 Å². The van der Waals surface area contributed by atoms with Gasteiger partial charge < -0.3 is 25.0 Å². The third-order valence-corrected chi connectivity index (χ3v) is 6.58. The van der Waals surface area contributed by atoms with Crippen LogP contribution in [0, 0.1) is 5.82 Å². The van der Waals surface area contributed by atoms with Gasteiger partial charge in [0.25, 0.3) is 0 Å². The van der Waals surface area contributed by atoms with Crippen LogP contribution in [0.2, 0.25) is 10.0 Å². The number of carbonyl (C=O) groups is 1. The second kappa shape index (κ2) is 12.3. The summed E-state index contributed by atoms with van der Waals surface area (Å²) in [6, 6.07) is 8.35. The van der Waals surface area contributed by atoms with Crippen molar-refractivity contribution >= 4 is 62.9 Å². The molecule has 204 valence electrons. The predicted molar refractivity (Wildman–Crippen MR) is 153 cm³/mol. The van der Waals surface area contributed by atoms with Gasteiger partial charge in [0.05, 0.1) is 27.9 Å². The van der Waals surface area contributed by atoms with Gasteiger partial charge in [0, 0.05) is 49.7 Å². The molecule has 0 fully saturated rings. The zero-order valence-corrected chi connectivity index (χ0v) is 23.0. The fraction of sp³-hybridized carbons (Fsp3) is 0.222. The van der Waals surface area contributed by atoms with Gasteiger partial charge in [-0.3, -0.25) is 14.9 Å². The molecular formula is C27H27Cl2FN6O3. The first-order chi connectivity index (χ1) is 18.7. The number of carbonyl (C=O) groups excluding carboxylic acids is 1. The highest BCUT2D eigenvalue weighted by atomic mass is 35.5. The number of ether oxygens (including phenoxy) is 2. The van der Waals surface area contributed by atoms with Crippen molar-refractivity contribution in [3.8, 4) is 5.75 Å². The molecule has 0 aliphatic heterocycles. The van der Waals surface area contributed by atoms with Gasteiger partial charge in [-0.2, -0.15) is 5.10 Å². The molecule has 2 aromatic carbocycles. The summed E-state index contributed by atoms with van der Waals surface area (Å²) in [6.45, 7) is 6.28. The Balaban J connectivity index is 1.67. The first-order valence-electron chi connectivity index (χ1n) is 11.9. The van der Waals surface area contributed by atoms with Crippen LogP contribution in [0.4, 0.5) is 27.3 Å². The number of anilines is 4. The van der Waals surface area contributed by atoms with E-state index in [2.05, 4.69) is 32.4 Å². The van der Waals surface area contributed by atoms with Crippen LogP contribution < -0.4 is 20.3 Å². The van der Waals surface area contributed by atoms with Crippen LogP contribution in [0.5, 0.6) is 5.75 Å². The molecular weight excluding hydrogens is 546 g/mol. The van der Waals surface area contributed by atoms with Crippen LogP contribution >= 0.6 is 23.2 Å². The Morgan fingerprint density at radius 2 is 2.00 bits per heavy atom. The molecule has 4 rings (SSSR count). The second-order valence-corrected chi connectivity index (χ2v) is 9.45. The van der Waals surface area contributed by atoms with E-state index in [-0.39, 0.29) is 11.4 Å². The monoisotopic (exact) mass is 572 g/mol. The topological polar surface area (TPSA) is 104 Å². The Kier molecular flexibility index (Phi) is 8.90. The SMILES string of the molecule is C=CC(=O)Nc1cc(N(C)CCOC)cc(F)c1Nc1n[nH]c2ccc(O[C@H](C)c3c(Cl)cncc3Cl)cc12. The van der Waals surface area contributed by atoms with E-state index in [4.69, 9.17) is 32.7 Å². The van der Waals surface area contributed by atoms with Crippen molar-refractivity contribution < 1.29 is 18.7 Å². The van der Waals surface area contributed by atoms with Gasteiger partial charge in [0.15, 0.2) is 11.6 Å². The van der Waals surface area contributed by atoms with Gasteiger partial charge >= 0.3 is 0 Å². The van der Waals surface area contributed by atoms with E-state index in [0.717, 1.165) is 6.08 Å². The van der Waals surface area contributed by atoms with Crippen molar-refractivity contribution in [2.24, 2.45) is 0 Å². The molecule has 9 nitrogen and oxygen atoms in total. The highest BCUT2D eigenvalue weighted by Gasteiger charge is 2.19. The molecule has 0 aliphatic carbocycles. The van der Waals surface area contributed by atoms with E-state index >= 15 is 4.39 Å². The largest absolute Gasteiger partial charge is 0.486 e. The summed E-state index contributed by atoms with van der Waals surface area (Å²) in [5, 5.41) is 14.3. The normalized spacial score (nSPS) is 11.7. The van der Waals surface area contributed by atoms with Crippen molar-refractivity contribution in [1.29, 1.82) is 0 Å². The lowest BCUT2D eigenvalue weighted by atomic mass is 10.1. The summed E-state index contributed by atoms with van der Waals surface area (Å²) < 4.78 is 26.7. The molecule has 0 unspecified atom stereocenters. The first kappa shape index (κ1) is 28.2. The minimum Gasteiger partial charge on any atom is -0.486 e. The number of nitrogens with one attached hydrogen (secondary N) is 3. The Morgan fingerprint density at radius 3 is 2.69 bits per heavy atom. The standard InChI is InChI=1S/C27H27Cl2FN6O3/c1-5-24(37)32-23-11-16(36(3)8-9-38-4)10-21(30)26(23)33-27-18-12-17(6-7-22(18)34-35-27)39-15(2)25-19(28)13-31-14-20(25)29/h5-7,10-15H,1,8-9H2,2-4H3,(H,32,37)(H2,33,34,35)/t15-/m1/s1. The van der Waals surface area contributed by atoms with Crippen LogP contribution in [0.1, 0.15) is 18.6 Å². The highest BCUT2D eigenvalue weighted by molar-refractivity contribution is 6.35. The maximum Gasteiger partial charge on any atom is 0.247 e. The third-order valence-electron chi connectivity index (χ3n) is 5.98. The van der Waals surface area contributed by atoms with Gasteiger partial charge in [-0.25, -0.2) is 4.39 Å². The molecule has 1 atom stereocenters. The van der Waals surface area contributed by atoms with Gasteiger partial charge in [-0.05, 0) is 43.3 Å². The summed E-state index contributed by atoms with van der Waals surface area (Å²) >= 11 is 12.6. The van der Waals surface area contributed by atoms with Crippen molar-refractivity contribution in [2.75, 3.05) is 42.8 Å². The van der Waals surface area contributed by atoms with Crippen molar-refractivity contribution in [3.05, 3.63) is 76.8 Å². The Morgan fingerprint density at radius 1 is 1.26 bits per heavy atom. The lowest BCUT2D eigenvalue weighted by molar-refractivity contribution is -0.111. The van der Waals surface area contributed by atoms with Crippen LogP contribution in [0.25, 0.3) is 10.9 Å². The second-order valence-electron chi connectivity index (χ2n) is 8.64. The Bertz CT molecular complexity index is 1490. The molecule has 0 bridgehead atoms. The number of rotatable bonds is 11. The summed E-state index contributed by atoms with van der Waals surface area (Å²) in [5.74, 6) is -0.231. The predicted octanol–water partition coefficient (Wildman–Crippen LogP) is 6.49. The molecule has 0 radical (unpaired) electrons. The number of aromatic amines is 1. The van der Waals surface area contributed by atoms with E-state index < -0.39 is 17.8 Å². The molecule has 0 saturated carbocycles. The quantitative estimate of drug-likeness (QED) is 0.176. The van der Waals surface area contributed by atoms with Crippen LogP contribution in [0.15, 0.2) is 55.4 Å². The maximum absolute atomic E-state index is 15.5. The van der Waals surface area contributed by atoms with E-state index in [0.29, 0.717) is 56.9 Å². The number of likely N-dealkylation sites (N-methyl/N-ethyl adjacent to an activating group) is 1. The van der Waals surface area contributed by atoms with Crippen LogP contribution in [-0.2, 0) is 9.53 Å². The summed E-state index contributed by atoms with van der Waals surface area (Å²) in [4.78, 5) is 17.9. The number of nitrogens with zero attached hydrogens (tertiary/aromatic N) is 3. The fourth-order valence-electron chi connectivity index (χ4n) is 3.93. The van der Waals surface area contributed by atoms with Gasteiger partial charge in [0.2, 0.25) is 5.91 Å². The fourth-order valence-corrected chi connectivity index (χ4v) is 4.60. The number of hydrogen-bond acceptors (Lipinski definition) is 7. The number of halogens is 3. The van der Waals surface area contributed by atoms with Crippen LogP contribution in [-0.4, -0.2) is 48.4 Å². The van der Waals surface area contributed by atoms with E-state index in [1.54, 1.807) is 38.4 Å². The molecule has 4 aromatic rings. The van der Waals surface area contributed by atoms with E-state index in [1.807, 2.05) is 11.8 Å². The van der Waals surface area contributed by atoms with Gasteiger partial charge in [0.1, 0.15) is 17.5 Å². The molecule has 0 saturated heterocycles. The Hall–Kier alpha value is -3.86. The minimum absolute atomic E-state index is 0.0394. The Labute approximate surface area is 234 Å². The van der Waals surface area contributed by atoms with Crippen molar-refractivity contribution in [2.45, 2.75) is 13.0 Å². The maximum atomic E-state index is 15.5. The van der Waals surface area contributed by atoms with Crippen molar-refractivity contribution in [3.63, 3.8) is 0 Å². The van der Waals surface area contributed by atoms with Gasteiger partial charge in [-0.15, -0.1) is 0 Å². The molecule has 2 aromatic heterocycles. The number of amides is 1. The summed E-state index contributed by atoms with van der Waals surface area (Å²) in [7, 11) is 3.39. The van der Waals surface area contributed by atoms with E-state index in [9.17, 15) is 4.79 Å². The number of aromatic nitrogens is 3. The first-order valence-corrected chi connectivity index (χ1v) is 12.6. The van der Waals surface area contributed by atoms with E-state index in [1.165, 1.54) is 18.5 Å².